The number of halogens is 3. The van der Waals surface area contributed by atoms with E-state index < -0.39 is 80.4 Å². The van der Waals surface area contributed by atoms with Crippen LogP contribution < -0.4 is 0 Å². The first-order valence-corrected chi connectivity index (χ1v) is 13.5. The molecule has 0 heterocycles. The quantitative estimate of drug-likeness (QED) is 0.465. The number of hydrogen-bond acceptors (Lipinski definition) is 6. The molecule has 0 spiro atoms. The molecule has 0 radical (unpaired) electrons. The highest BCUT2D eigenvalue weighted by molar-refractivity contribution is 8.13. The number of thioether (sulfide) groups is 1. The molecule has 0 aromatic rings. The Morgan fingerprint density at radius 3 is 2.27 bits per heavy atom. The van der Waals surface area contributed by atoms with Gasteiger partial charge in [0.05, 0.1) is 11.5 Å². The fourth-order valence-corrected chi connectivity index (χ4v) is 7.89. The average molecular weight is 547 g/mol. The molecule has 0 bridgehead atoms. The van der Waals surface area contributed by atoms with Crippen LogP contribution in [0.15, 0.2) is 23.8 Å². The highest BCUT2D eigenvalue weighted by Gasteiger charge is 2.76. The van der Waals surface area contributed by atoms with Crippen LogP contribution in [0.5, 0.6) is 0 Å². The molecule has 0 aromatic heterocycles. The molecule has 37 heavy (non-hydrogen) atoms. The summed E-state index contributed by atoms with van der Waals surface area (Å²) in [4.78, 5) is 34.6. The smallest absolute Gasteiger partial charge is 0.308 e. The molecule has 3 N–H and O–H groups in total. The van der Waals surface area contributed by atoms with E-state index in [1.165, 1.54) is 19.1 Å². The Labute approximate surface area is 219 Å². The number of carbonyl (C=O) groups excluding carboxylic acids is 2. The molecule has 208 valence electrons. The first-order valence-electron chi connectivity index (χ1n) is 12.5. The summed E-state index contributed by atoms with van der Waals surface area (Å²) >= 11 is 0.371. The van der Waals surface area contributed by atoms with E-state index >= 15 is 8.78 Å². The molecule has 4 aliphatic carbocycles. The van der Waals surface area contributed by atoms with Gasteiger partial charge in [0.25, 0.3) is 0 Å². The Bertz CT molecular complexity index is 1040. The van der Waals surface area contributed by atoms with Crippen molar-refractivity contribution in [3.05, 3.63) is 23.8 Å². The van der Waals surface area contributed by atoms with Gasteiger partial charge in [0.1, 0.15) is 17.8 Å². The number of carbonyl (C=O) groups is 3. The van der Waals surface area contributed by atoms with Gasteiger partial charge in [-0.25, -0.2) is 13.2 Å². The number of aliphatic hydroxyl groups excluding tert-OH is 1. The van der Waals surface area contributed by atoms with Crippen molar-refractivity contribution in [2.75, 3.05) is 6.01 Å². The van der Waals surface area contributed by atoms with Crippen molar-refractivity contribution < 1.29 is 42.9 Å². The second-order valence-electron chi connectivity index (χ2n) is 12.4. The molecule has 6 nitrogen and oxygen atoms in total. The maximum Gasteiger partial charge on any atom is 0.308 e. The zero-order valence-electron chi connectivity index (χ0n) is 22.1. The van der Waals surface area contributed by atoms with E-state index in [0.29, 0.717) is 11.8 Å². The highest BCUT2D eigenvalue weighted by Crippen LogP contribution is 2.71. The fraction of sp³-hybridized carbons (Fsp3) is 0.741. The number of alkyl halides is 3. The van der Waals surface area contributed by atoms with E-state index in [9.17, 15) is 29.0 Å². The summed E-state index contributed by atoms with van der Waals surface area (Å²) in [7, 11) is 0. The van der Waals surface area contributed by atoms with Crippen LogP contribution in [0, 0.1) is 34.0 Å². The molecule has 0 unspecified atom stereocenters. The van der Waals surface area contributed by atoms with Crippen LogP contribution in [0.3, 0.4) is 0 Å². The van der Waals surface area contributed by atoms with Crippen LogP contribution in [0.1, 0.15) is 60.8 Å². The summed E-state index contributed by atoms with van der Waals surface area (Å²) < 4.78 is 45.1. The van der Waals surface area contributed by atoms with Crippen LogP contribution in [0.2, 0.25) is 0 Å². The minimum Gasteiger partial charge on any atom is -0.481 e. The number of hydrogen-bond donors (Lipinski definition) is 3. The van der Waals surface area contributed by atoms with Gasteiger partial charge in [0, 0.05) is 16.7 Å². The normalized spacial score (nSPS) is 44.6. The zero-order valence-corrected chi connectivity index (χ0v) is 22.9. The van der Waals surface area contributed by atoms with E-state index in [1.807, 2.05) is 0 Å². The van der Waals surface area contributed by atoms with E-state index in [2.05, 4.69) is 0 Å². The number of carboxylic acid groups (broad SMARTS) is 1. The molecule has 0 amide bonds. The summed E-state index contributed by atoms with van der Waals surface area (Å²) in [6.07, 6.45) is 0.306. The number of aliphatic carboxylic acids is 1. The number of rotatable bonds is 2. The largest absolute Gasteiger partial charge is 0.481 e. The van der Waals surface area contributed by atoms with Crippen molar-refractivity contribution in [1.29, 1.82) is 0 Å². The van der Waals surface area contributed by atoms with Crippen LogP contribution in [0.4, 0.5) is 13.2 Å². The van der Waals surface area contributed by atoms with Gasteiger partial charge in [0.15, 0.2) is 11.5 Å². The Hall–Kier alpha value is -1.65. The van der Waals surface area contributed by atoms with Gasteiger partial charge in [-0.2, -0.15) is 0 Å². The fourth-order valence-electron chi connectivity index (χ4n) is 7.13. The molecular weight excluding hydrogens is 509 g/mol. The minimum absolute atomic E-state index is 0.0294. The monoisotopic (exact) mass is 546 g/mol. The van der Waals surface area contributed by atoms with Crippen molar-refractivity contribution in [1.82, 2.24) is 0 Å². The van der Waals surface area contributed by atoms with E-state index in [4.69, 9.17) is 5.11 Å². The summed E-state index contributed by atoms with van der Waals surface area (Å²) in [5, 5.41) is 30.1. The van der Waals surface area contributed by atoms with E-state index in [1.54, 1.807) is 34.6 Å². The topological polar surface area (TPSA) is 112 Å². The maximum absolute atomic E-state index is 16.9. The van der Waals surface area contributed by atoms with Gasteiger partial charge < -0.3 is 15.3 Å². The Kier molecular flexibility index (Phi) is 7.69. The lowest BCUT2D eigenvalue weighted by molar-refractivity contribution is -0.221. The van der Waals surface area contributed by atoms with Gasteiger partial charge in [0.2, 0.25) is 5.12 Å². The molecule has 0 aliphatic heterocycles. The summed E-state index contributed by atoms with van der Waals surface area (Å²) in [6.45, 7) is 9.78. The Morgan fingerprint density at radius 1 is 1.19 bits per heavy atom. The van der Waals surface area contributed by atoms with Crippen molar-refractivity contribution in [2.24, 2.45) is 34.0 Å². The summed E-state index contributed by atoms with van der Waals surface area (Å²) in [5.74, 6) is -3.33. The molecule has 0 saturated heterocycles. The molecule has 4 rings (SSSR count). The number of aliphatic hydroxyl groups is 2. The van der Waals surface area contributed by atoms with Crippen molar-refractivity contribution in [3.8, 4) is 0 Å². The van der Waals surface area contributed by atoms with Crippen molar-refractivity contribution >= 4 is 28.6 Å². The molecule has 10 heteroatoms. The molecule has 3 fully saturated rings. The predicted octanol–water partition coefficient (Wildman–Crippen LogP) is 4.59. The van der Waals surface area contributed by atoms with Crippen LogP contribution >= 0.6 is 11.8 Å². The highest BCUT2D eigenvalue weighted by atomic mass is 32.2. The second kappa shape index (κ2) is 9.52. The van der Waals surface area contributed by atoms with Crippen molar-refractivity contribution in [3.63, 3.8) is 0 Å². The molecule has 0 aromatic carbocycles. The van der Waals surface area contributed by atoms with Crippen LogP contribution in [0.25, 0.3) is 0 Å². The Balaban J connectivity index is 0.000000479. The third kappa shape index (κ3) is 4.22. The molecular formula is C27H37F3O6S. The SMILES string of the molecule is CC(C)(C)C(=O)O.C[C@@H]1C[C@H]2[C@@H]3C[C@H](F)C4=CC(=O)C=C[C@]4(C)[C@@]3(F)[C@@H](O)C[C@]2(C)[C@@]1(O)C(=O)SCF. The number of fused-ring (bicyclic) bond motifs is 5. The minimum atomic E-state index is -2.26. The first kappa shape index (κ1) is 29.9. The summed E-state index contributed by atoms with van der Waals surface area (Å²) in [5.41, 5.74) is -7.49. The lowest BCUT2D eigenvalue weighted by Gasteiger charge is -2.63. The maximum atomic E-state index is 16.9. The lowest BCUT2D eigenvalue weighted by atomic mass is 9.44. The van der Waals surface area contributed by atoms with Gasteiger partial charge in [-0.05, 0) is 76.5 Å². The van der Waals surface area contributed by atoms with Gasteiger partial charge >= 0.3 is 5.97 Å². The first-order chi connectivity index (χ1) is 16.8. The van der Waals surface area contributed by atoms with Gasteiger partial charge in [-0.15, -0.1) is 0 Å². The van der Waals surface area contributed by atoms with Crippen LogP contribution in [-0.2, 0) is 14.4 Å². The number of carboxylic acids is 1. The average Bonchev–Trinajstić information content (AvgIpc) is 2.99. The number of allylic oxidation sites excluding steroid dienone is 4. The third-order valence-electron chi connectivity index (χ3n) is 9.35. The molecule has 3 saturated carbocycles. The predicted molar refractivity (Wildman–Crippen MR) is 134 cm³/mol. The van der Waals surface area contributed by atoms with E-state index in [-0.39, 0.29) is 24.8 Å². The molecule has 9 atom stereocenters. The van der Waals surface area contributed by atoms with Crippen molar-refractivity contribution in [2.45, 2.75) is 84.4 Å². The number of ketones is 1. The Morgan fingerprint density at radius 2 is 1.76 bits per heavy atom. The third-order valence-corrected chi connectivity index (χ3v) is 10.0. The van der Waals surface area contributed by atoms with Gasteiger partial charge in [-0.1, -0.05) is 31.7 Å². The lowest BCUT2D eigenvalue weighted by Crippen LogP contribution is -2.70. The van der Waals surface area contributed by atoms with Crippen LogP contribution in [-0.4, -0.2) is 61.7 Å². The standard InChI is InChI=1S/C22H27F3O4S.C5H10O2/c1-11-6-13-14-8-16(24)15-7-12(26)4-5-19(15,2)21(14,25)17(27)9-20(13,3)22(11,29)18(28)30-10-23;1-5(2,3)4(6)7/h4-5,7,11,13-14,16-17,27,29H,6,8-10H2,1-3H3;1-3H3,(H,6,7)/t11-,13+,14+,16+,17+,19+,20+,21+,22+;/m1./s1. The van der Waals surface area contributed by atoms with E-state index in [0.717, 1.165) is 6.08 Å². The molecule has 4 aliphatic rings. The zero-order chi connectivity index (χ0) is 28.4. The second-order valence-corrected chi connectivity index (χ2v) is 13.2. The summed E-state index contributed by atoms with van der Waals surface area (Å²) in [6, 6.07) is -0.995. The van der Waals surface area contributed by atoms with Gasteiger partial charge in [-0.3, -0.25) is 14.4 Å².